The van der Waals surface area contributed by atoms with Crippen LogP contribution in [0.5, 0.6) is 0 Å². The fourth-order valence-corrected chi connectivity index (χ4v) is 1.76. The van der Waals surface area contributed by atoms with Gasteiger partial charge in [-0.05, 0) is 24.3 Å². The van der Waals surface area contributed by atoms with Crippen molar-refractivity contribution in [2.24, 2.45) is 0 Å². The lowest BCUT2D eigenvalue weighted by atomic mass is 10.2. The number of benzene rings is 2. The highest BCUT2D eigenvalue weighted by atomic mass is 32.1. The number of carbonyl (C=O) groups is 1. The van der Waals surface area contributed by atoms with E-state index >= 15 is 0 Å². The zero-order chi connectivity index (χ0) is 11.4. The standard InChI is InChI=1S/C13H11NOS/c15-13(16)14(11-7-3-1-4-8-11)12-9-5-2-6-10-12/h1-10H,(H,15,16). The van der Waals surface area contributed by atoms with Crippen molar-refractivity contribution in [2.45, 2.75) is 0 Å². The van der Waals surface area contributed by atoms with Crippen molar-refractivity contribution in [3.63, 3.8) is 0 Å². The van der Waals surface area contributed by atoms with E-state index in [-0.39, 0.29) is 5.24 Å². The molecule has 1 amide bonds. The van der Waals surface area contributed by atoms with Gasteiger partial charge in [0.15, 0.2) is 0 Å². The number of thiol groups is 1. The van der Waals surface area contributed by atoms with Crippen molar-refractivity contribution < 1.29 is 4.79 Å². The molecule has 0 unspecified atom stereocenters. The number of carbonyl (C=O) groups excluding carboxylic acids is 1. The average molecular weight is 229 g/mol. The minimum absolute atomic E-state index is 0.294. The summed E-state index contributed by atoms with van der Waals surface area (Å²) in [6, 6.07) is 18.9. The van der Waals surface area contributed by atoms with E-state index in [4.69, 9.17) is 0 Å². The van der Waals surface area contributed by atoms with Crippen LogP contribution in [0.1, 0.15) is 0 Å². The van der Waals surface area contributed by atoms with Crippen LogP contribution in [0.3, 0.4) is 0 Å². The summed E-state index contributed by atoms with van der Waals surface area (Å²) in [5.41, 5.74) is 1.63. The highest BCUT2D eigenvalue weighted by Gasteiger charge is 2.13. The molecule has 0 saturated heterocycles. The van der Waals surface area contributed by atoms with Crippen molar-refractivity contribution >= 4 is 29.2 Å². The minimum atomic E-state index is -0.294. The first-order chi connectivity index (χ1) is 7.79. The number of amides is 1. The molecule has 16 heavy (non-hydrogen) atoms. The summed E-state index contributed by atoms with van der Waals surface area (Å²) in [6.45, 7) is 0. The van der Waals surface area contributed by atoms with E-state index in [1.54, 1.807) is 4.90 Å². The Balaban J connectivity index is 2.44. The van der Waals surface area contributed by atoms with E-state index < -0.39 is 0 Å². The predicted octanol–water partition coefficient (Wildman–Crippen LogP) is 3.87. The van der Waals surface area contributed by atoms with Gasteiger partial charge in [0.05, 0.1) is 0 Å². The van der Waals surface area contributed by atoms with Crippen molar-refractivity contribution in [3.8, 4) is 0 Å². The molecule has 0 aliphatic rings. The normalized spacial score (nSPS) is 9.81. The van der Waals surface area contributed by atoms with Gasteiger partial charge < -0.3 is 0 Å². The van der Waals surface area contributed by atoms with Crippen LogP contribution in [0.15, 0.2) is 60.7 Å². The molecule has 2 aromatic carbocycles. The topological polar surface area (TPSA) is 20.3 Å². The van der Waals surface area contributed by atoms with Gasteiger partial charge in [0, 0.05) is 11.4 Å². The van der Waals surface area contributed by atoms with E-state index in [0.29, 0.717) is 0 Å². The van der Waals surface area contributed by atoms with Crippen LogP contribution in [0.25, 0.3) is 0 Å². The monoisotopic (exact) mass is 229 g/mol. The molecule has 0 saturated carbocycles. The van der Waals surface area contributed by atoms with Crippen LogP contribution in [0.4, 0.5) is 16.2 Å². The Morgan fingerprint density at radius 1 is 0.812 bits per heavy atom. The number of hydrogen-bond donors (Lipinski definition) is 1. The van der Waals surface area contributed by atoms with Crippen molar-refractivity contribution in [2.75, 3.05) is 4.90 Å². The first kappa shape index (κ1) is 10.8. The molecule has 2 rings (SSSR count). The third-order valence-electron chi connectivity index (χ3n) is 2.22. The maximum atomic E-state index is 11.5. The average Bonchev–Trinajstić information content (AvgIpc) is 2.31. The van der Waals surface area contributed by atoms with Crippen LogP contribution in [0.2, 0.25) is 0 Å². The van der Waals surface area contributed by atoms with Crippen LogP contribution in [-0.2, 0) is 0 Å². The largest absolute Gasteiger partial charge is 0.287 e. The third kappa shape index (κ3) is 2.25. The Kier molecular flexibility index (Phi) is 3.27. The summed E-state index contributed by atoms with van der Waals surface area (Å²) in [5.74, 6) is 0. The molecule has 3 heteroatoms. The maximum absolute atomic E-state index is 11.5. The van der Waals surface area contributed by atoms with Gasteiger partial charge in [0.25, 0.3) is 5.24 Å². The van der Waals surface area contributed by atoms with Gasteiger partial charge >= 0.3 is 0 Å². The smallest absolute Gasteiger partial charge is 0.272 e. The summed E-state index contributed by atoms with van der Waals surface area (Å²) in [4.78, 5) is 13.1. The van der Waals surface area contributed by atoms with Gasteiger partial charge in [0.2, 0.25) is 0 Å². The van der Waals surface area contributed by atoms with Gasteiger partial charge in [0.1, 0.15) is 0 Å². The fourth-order valence-electron chi connectivity index (χ4n) is 1.52. The molecule has 0 aliphatic carbocycles. The summed E-state index contributed by atoms with van der Waals surface area (Å²) in [5, 5.41) is -0.294. The second-order valence-corrected chi connectivity index (χ2v) is 3.67. The highest BCUT2D eigenvalue weighted by Crippen LogP contribution is 2.25. The molecule has 0 radical (unpaired) electrons. The van der Waals surface area contributed by atoms with Crippen molar-refractivity contribution in [1.29, 1.82) is 0 Å². The van der Waals surface area contributed by atoms with Gasteiger partial charge in [-0.25, -0.2) is 0 Å². The van der Waals surface area contributed by atoms with Crippen LogP contribution < -0.4 is 4.90 Å². The van der Waals surface area contributed by atoms with Gasteiger partial charge in [-0.3, -0.25) is 9.69 Å². The molecule has 0 fully saturated rings. The second-order valence-electron chi connectivity index (χ2n) is 3.29. The molecule has 0 spiro atoms. The van der Waals surface area contributed by atoms with E-state index in [1.165, 1.54) is 0 Å². The van der Waals surface area contributed by atoms with Gasteiger partial charge in [-0.2, -0.15) is 0 Å². The molecular weight excluding hydrogens is 218 g/mol. The third-order valence-corrected chi connectivity index (χ3v) is 2.42. The molecule has 0 N–H and O–H groups in total. The molecule has 2 aromatic rings. The van der Waals surface area contributed by atoms with E-state index in [2.05, 4.69) is 12.6 Å². The molecule has 0 aliphatic heterocycles. The molecule has 2 nitrogen and oxygen atoms in total. The fraction of sp³-hybridized carbons (Fsp3) is 0. The highest BCUT2D eigenvalue weighted by molar-refractivity contribution is 7.97. The predicted molar refractivity (Wildman–Crippen MR) is 69.4 cm³/mol. The Labute approximate surface area is 99.9 Å². The number of anilines is 2. The summed E-state index contributed by atoms with van der Waals surface area (Å²) in [6.07, 6.45) is 0. The first-order valence-electron chi connectivity index (χ1n) is 4.92. The zero-order valence-electron chi connectivity index (χ0n) is 8.58. The van der Waals surface area contributed by atoms with Crippen molar-refractivity contribution in [1.82, 2.24) is 0 Å². The Hall–Kier alpha value is -1.74. The summed E-state index contributed by atoms with van der Waals surface area (Å²) >= 11 is 3.90. The number of para-hydroxylation sites is 2. The lowest BCUT2D eigenvalue weighted by Crippen LogP contribution is -2.19. The Morgan fingerprint density at radius 3 is 1.50 bits per heavy atom. The SMILES string of the molecule is O=C(S)N(c1ccccc1)c1ccccc1. The lowest BCUT2D eigenvalue weighted by molar-refractivity contribution is 0.267. The van der Waals surface area contributed by atoms with Gasteiger partial charge in [-0.15, -0.1) is 0 Å². The second kappa shape index (κ2) is 4.86. The summed E-state index contributed by atoms with van der Waals surface area (Å²) in [7, 11) is 0. The number of hydrogen-bond acceptors (Lipinski definition) is 1. The Morgan fingerprint density at radius 2 is 1.19 bits per heavy atom. The Bertz CT molecular complexity index is 430. The zero-order valence-corrected chi connectivity index (χ0v) is 9.47. The lowest BCUT2D eigenvalue weighted by Gasteiger charge is -2.20. The maximum Gasteiger partial charge on any atom is 0.287 e. The van der Waals surface area contributed by atoms with Gasteiger partial charge in [-0.1, -0.05) is 49.0 Å². The molecule has 80 valence electrons. The van der Waals surface area contributed by atoms with Crippen LogP contribution in [0, 0.1) is 0 Å². The minimum Gasteiger partial charge on any atom is -0.272 e. The van der Waals surface area contributed by atoms with E-state index in [1.807, 2.05) is 60.7 Å². The molecule has 0 atom stereocenters. The van der Waals surface area contributed by atoms with Crippen LogP contribution in [-0.4, -0.2) is 5.24 Å². The summed E-state index contributed by atoms with van der Waals surface area (Å²) < 4.78 is 0. The van der Waals surface area contributed by atoms with E-state index in [0.717, 1.165) is 11.4 Å². The molecular formula is C13H11NOS. The van der Waals surface area contributed by atoms with E-state index in [9.17, 15) is 4.79 Å². The van der Waals surface area contributed by atoms with Crippen LogP contribution >= 0.6 is 12.6 Å². The molecule has 0 bridgehead atoms. The quantitative estimate of drug-likeness (QED) is 0.775. The number of nitrogens with zero attached hydrogens (tertiary/aromatic N) is 1. The van der Waals surface area contributed by atoms with Crippen molar-refractivity contribution in [3.05, 3.63) is 60.7 Å². The first-order valence-corrected chi connectivity index (χ1v) is 5.37. The molecule has 0 aromatic heterocycles. The number of rotatable bonds is 2. The molecule has 0 heterocycles.